The van der Waals surface area contributed by atoms with Crippen molar-refractivity contribution >= 4 is 24.6 Å². The highest BCUT2D eigenvalue weighted by atomic mass is 16.2. The predicted molar refractivity (Wildman–Crippen MR) is 107 cm³/mol. The maximum Gasteiger partial charge on any atom is 0.219 e. The predicted octanol–water partition coefficient (Wildman–Crippen LogP) is 1.16. The molecule has 8 nitrogen and oxygen atoms in total. The first-order chi connectivity index (χ1) is 12.0. The molecule has 0 aromatic rings. The molecule has 0 unspecified atom stereocenters. The molecular formula is C18H40N4O4. The molecule has 0 rings (SSSR count). The second-order valence-electron chi connectivity index (χ2n) is 5.50. The molecule has 0 spiro atoms. The van der Waals surface area contributed by atoms with E-state index in [1.54, 1.807) is 44.9 Å². The normalized spacial score (nSPS) is 8.08. The van der Waals surface area contributed by atoms with Crippen LogP contribution in [-0.2, 0) is 19.2 Å². The smallest absolute Gasteiger partial charge is 0.219 e. The van der Waals surface area contributed by atoms with Gasteiger partial charge in [-0.15, -0.1) is 0 Å². The first-order valence-corrected chi connectivity index (χ1v) is 8.73. The molecule has 0 aromatic heterocycles. The van der Waals surface area contributed by atoms with Crippen molar-refractivity contribution in [1.82, 2.24) is 19.6 Å². The van der Waals surface area contributed by atoms with Crippen LogP contribution >= 0.6 is 0 Å². The maximum absolute atomic E-state index is 10.5. The molecule has 0 saturated carbocycles. The molecule has 0 fully saturated rings. The summed E-state index contributed by atoms with van der Waals surface area (Å²) in [7, 11) is 6.82. The fourth-order valence-electron chi connectivity index (χ4n) is 1.04. The molecule has 156 valence electrons. The lowest BCUT2D eigenvalue weighted by atomic mass is 10.5. The van der Waals surface area contributed by atoms with E-state index in [-0.39, 0.29) is 11.8 Å². The average molecular weight is 377 g/mol. The van der Waals surface area contributed by atoms with Crippen LogP contribution in [0.1, 0.15) is 41.5 Å². The van der Waals surface area contributed by atoms with Crippen molar-refractivity contribution in [3.8, 4) is 0 Å². The van der Waals surface area contributed by atoms with E-state index < -0.39 is 0 Å². The van der Waals surface area contributed by atoms with Gasteiger partial charge < -0.3 is 19.6 Å². The van der Waals surface area contributed by atoms with Crippen molar-refractivity contribution in [1.29, 1.82) is 0 Å². The number of carbonyl (C=O) groups is 4. The van der Waals surface area contributed by atoms with Crippen molar-refractivity contribution in [2.24, 2.45) is 0 Å². The van der Waals surface area contributed by atoms with Gasteiger partial charge >= 0.3 is 0 Å². The van der Waals surface area contributed by atoms with Gasteiger partial charge in [0.15, 0.2) is 0 Å². The number of rotatable bonds is 6. The van der Waals surface area contributed by atoms with Gasteiger partial charge in [-0.1, -0.05) is 0 Å². The van der Waals surface area contributed by atoms with Gasteiger partial charge in [0.2, 0.25) is 24.6 Å². The second-order valence-corrected chi connectivity index (χ2v) is 5.50. The second kappa shape index (κ2) is 22.9. The minimum Gasteiger partial charge on any atom is -0.351 e. The van der Waals surface area contributed by atoms with Gasteiger partial charge in [0.25, 0.3) is 0 Å². The molecule has 0 saturated heterocycles. The highest BCUT2D eigenvalue weighted by Crippen LogP contribution is 1.84. The first-order valence-electron chi connectivity index (χ1n) is 8.73. The van der Waals surface area contributed by atoms with E-state index in [1.165, 1.54) is 16.7 Å². The summed E-state index contributed by atoms with van der Waals surface area (Å²) in [4.78, 5) is 46.4. The lowest BCUT2D eigenvalue weighted by Crippen LogP contribution is -2.27. The van der Waals surface area contributed by atoms with Crippen molar-refractivity contribution in [3.05, 3.63) is 0 Å². The largest absolute Gasteiger partial charge is 0.351 e. The summed E-state index contributed by atoms with van der Waals surface area (Å²) in [6, 6.07) is 0. The highest BCUT2D eigenvalue weighted by molar-refractivity contribution is 5.73. The monoisotopic (exact) mass is 376 g/mol. The van der Waals surface area contributed by atoms with Crippen molar-refractivity contribution in [2.75, 3.05) is 54.4 Å². The number of carbonyl (C=O) groups excluding carboxylic acids is 4. The Bertz CT molecular complexity index is 353. The van der Waals surface area contributed by atoms with Gasteiger partial charge in [0, 0.05) is 68.2 Å². The van der Waals surface area contributed by atoms with E-state index in [9.17, 15) is 19.2 Å². The minimum atomic E-state index is 0.0926. The van der Waals surface area contributed by atoms with Crippen molar-refractivity contribution < 1.29 is 19.2 Å². The van der Waals surface area contributed by atoms with Crippen LogP contribution in [0, 0.1) is 0 Å². The van der Waals surface area contributed by atoms with Crippen LogP contribution in [0.2, 0.25) is 0 Å². The fourth-order valence-corrected chi connectivity index (χ4v) is 1.04. The van der Waals surface area contributed by atoms with Crippen LogP contribution in [0.5, 0.6) is 0 Å². The van der Waals surface area contributed by atoms with Gasteiger partial charge in [0.1, 0.15) is 0 Å². The summed E-state index contributed by atoms with van der Waals surface area (Å²) in [6.07, 6.45) is 1.61. The zero-order valence-electron chi connectivity index (χ0n) is 18.4. The summed E-state index contributed by atoms with van der Waals surface area (Å²) < 4.78 is 0. The Hall–Kier alpha value is -2.12. The Morgan fingerprint density at radius 3 is 1.00 bits per heavy atom. The SMILES string of the molecule is CC(=O)N(C)C.CCN(C=O)CC.CCN(CC)C(C)=O.CN(C)C=O. The van der Waals surface area contributed by atoms with E-state index in [2.05, 4.69) is 0 Å². The third-order valence-electron chi connectivity index (χ3n) is 3.01. The molecule has 0 aliphatic rings. The van der Waals surface area contributed by atoms with Crippen LogP contribution in [0.25, 0.3) is 0 Å². The molecule has 4 amide bonds. The summed E-state index contributed by atoms with van der Waals surface area (Å²) in [6.45, 7) is 14.3. The molecule has 0 aromatic carbocycles. The molecule has 0 heterocycles. The number of hydrogen-bond acceptors (Lipinski definition) is 4. The lowest BCUT2D eigenvalue weighted by molar-refractivity contribution is -0.128. The summed E-state index contributed by atoms with van der Waals surface area (Å²) in [5, 5.41) is 0. The van der Waals surface area contributed by atoms with Crippen molar-refractivity contribution in [3.63, 3.8) is 0 Å². The van der Waals surface area contributed by atoms with Crippen LogP contribution in [0.3, 0.4) is 0 Å². The number of nitrogens with zero attached hydrogens (tertiary/aromatic N) is 4. The molecule has 0 bridgehead atoms. The third-order valence-corrected chi connectivity index (χ3v) is 3.01. The molecule has 0 atom stereocenters. The fraction of sp³-hybridized carbons (Fsp3) is 0.778. The zero-order chi connectivity index (χ0) is 21.7. The van der Waals surface area contributed by atoms with Gasteiger partial charge in [-0.05, 0) is 27.7 Å². The maximum atomic E-state index is 10.5. The van der Waals surface area contributed by atoms with Crippen LogP contribution < -0.4 is 0 Å². The van der Waals surface area contributed by atoms with Gasteiger partial charge in [-0.25, -0.2) is 0 Å². The number of hydrogen-bond donors (Lipinski definition) is 0. The lowest BCUT2D eigenvalue weighted by Gasteiger charge is -2.14. The Morgan fingerprint density at radius 1 is 0.692 bits per heavy atom. The molecule has 26 heavy (non-hydrogen) atoms. The molecule has 0 aliphatic carbocycles. The topological polar surface area (TPSA) is 81.2 Å². The van der Waals surface area contributed by atoms with E-state index in [4.69, 9.17) is 0 Å². The van der Waals surface area contributed by atoms with E-state index >= 15 is 0 Å². The van der Waals surface area contributed by atoms with E-state index in [0.29, 0.717) is 0 Å². The van der Waals surface area contributed by atoms with Gasteiger partial charge in [-0.3, -0.25) is 19.2 Å². The van der Waals surface area contributed by atoms with Crippen molar-refractivity contribution in [2.45, 2.75) is 41.5 Å². The first kappa shape index (κ1) is 31.6. The minimum absolute atomic E-state index is 0.0926. The molecular weight excluding hydrogens is 336 g/mol. The Morgan fingerprint density at radius 2 is 1.00 bits per heavy atom. The summed E-state index contributed by atoms with van der Waals surface area (Å²) >= 11 is 0. The highest BCUT2D eigenvalue weighted by Gasteiger charge is 1.99. The van der Waals surface area contributed by atoms with E-state index in [1.807, 2.05) is 27.7 Å². The Balaban J connectivity index is -0.000000126. The van der Waals surface area contributed by atoms with Crippen LogP contribution in [-0.4, -0.2) is 98.6 Å². The van der Waals surface area contributed by atoms with Gasteiger partial charge in [0.05, 0.1) is 0 Å². The van der Waals surface area contributed by atoms with Crippen LogP contribution in [0.15, 0.2) is 0 Å². The molecule has 8 heteroatoms. The van der Waals surface area contributed by atoms with E-state index in [0.717, 1.165) is 39.0 Å². The third kappa shape index (κ3) is 29.8. The Labute approximate surface area is 160 Å². The molecule has 0 aliphatic heterocycles. The summed E-state index contributed by atoms with van der Waals surface area (Å²) in [5.41, 5.74) is 0. The standard InChI is InChI=1S/C6H13NO.C5H11NO.C4H9NO.C3H7NO/c1-4-7(5-2)6(3)8;1-3-6(4-2)5-7;1-4(6)5(2)3;1-4(2)3-5/h4-5H2,1-3H3;5H,3-4H2,1-2H3;1-3H3;3H,1-2H3. The molecule has 0 radical (unpaired) electrons. The average Bonchev–Trinajstić information content (AvgIpc) is 2.58. The van der Waals surface area contributed by atoms with Gasteiger partial charge in [-0.2, -0.15) is 0 Å². The zero-order valence-corrected chi connectivity index (χ0v) is 18.4. The molecule has 0 N–H and O–H groups in total. The number of amides is 4. The van der Waals surface area contributed by atoms with Crippen LogP contribution in [0.4, 0.5) is 0 Å². The Kier molecular flexibility index (Phi) is 27.8. The quantitative estimate of drug-likeness (QED) is 0.652. The summed E-state index contributed by atoms with van der Waals surface area (Å²) in [5.74, 6) is 0.255.